The Bertz CT molecular complexity index is 1210. The minimum atomic E-state index is 0.557. The average Bonchev–Trinajstić information content (AvgIpc) is 3.29. The van der Waals surface area contributed by atoms with Crippen molar-refractivity contribution >= 4 is 0 Å². The maximum absolute atomic E-state index is 2.62. The SMILES string of the molecule is Cc1cc(C(C)C(C)C2Cc3cc(C)c(C4C(C)C(C)C(C)C4C)c(C)c3C2C)c(C(C)C)c(CC(C)C)c1C. The van der Waals surface area contributed by atoms with Gasteiger partial charge in [-0.15, -0.1) is 0 Å². The molecule has 0 nitrogen and oxygen atoms in total. The molecule has 1 fully saturated rings. The second-order valence-corrected chi connectivity index (χ2v) is 15.6. The van der Waals surface area contributed by atoms with Crippen LogP contribution in [-0.4, -0.2) is 0 Å². The van der Waals surface area contributed by atoms with Crippen LogP contribution in [0.1, 0.15) is 155 Å². The van der Waals surface area contributed by atoms with Crippen LogP contribution in [0.15, 0.2) is 12.1 Å². The summed E-state index contributed by atoms with van der Waals surface area (Å²) in [5.74, 6) is 7.56. The monoisotopic (exact) mass is 542 g/mol. The fourth-order valence-corrected chi connectivity index (χ4v) is 9.73. The molecular formula is C40H62. The molecule has 0 N–H and O–H groups in total. The molecule has 0 radical (unpaired) electrons. The van der Waals surface area contributed by atoms with Crippen molar-refractivity contribution in [1.82, 2.24) is 0 Å². The lowest BCUT2D eigenvalue weighted by Gasteiger charge is -2.34. The van der Waals surface area contributed by atoms with Crippen molar-refractivity contribution < 1.29 is 0 Å². The molecule has 0 saturated heterocycles. The highest BCUT2D eigenvalue weighted by Crippen LogP contribution is 2.55. The molecule has 0 heterocycles. The third kappa shape index (κ3) is 5.13. The molecule has 4 rings (SSSR count). The first-order valence-corrected chi connectivity index (χ1v) is 16.9. The molecule has 0 aromatic heterocycles. The Kier molecular flexibility index (Phi) is 9.11. The predicted octanol–water partition coefficient (Wildman–Crippen LogP) is 11.6. The van der Waals surface area contributed by atoms with E-state index in [1.54, 1.807) is 44.5 Å². The number of aryl methyl sites for hydroxylation is 2. The van der Waals surface area contributed by atoms with Crippen LogP contribution in [0.4, 0.5) is 0 Å². The van der Waals surface area contributed by atoms with E-state index >= 15 is 0 Å². The molecule has 0 amide bonds. The molecule has 1 saturated carbocycles. The molecular weight excluding hydrogens is 480 g/mol. The summed E-state index contributed by atoms with van der Waals surface area (Å²) >= 11 is 0. The first kappa shape index (κ1) is 31.4. The van der Waals surface area contributed by atoms with Crippen molar-refractivity contribution in [1.29, 1.82) is 0 Å². The van der Waals surface area contributed by atoms with Gasteiger partial charge >= 0.3 is 0 Å². The van der Waals surface area contributed by atoms with E-state index in [0.29, 0.717) is 41.4 Å². The number of rotatable bonds is 7. The van der Waals surface area contributed by atoms with Crippen molar-refractivity contribution in [2.75, 3.05) is 0 Å². The normalized spacial score (nSPS) is 29.9. The van der Waals surface area contributed by atoms with E-state index in [9.17, 15) is 0 Å². The quantitative estimate of drug-likeness (QED) is 0.326. The summed E-state index contributed by atoms with van der Waals surface area (Å²) in [6.45, 7) is 36.9. The fourth-order valence-electron chi connectivity index (χ4n) is 9.73. The molecule has 0 spiro atoms. The molecule has 2 aliphatic carbocycles. The van der Waals surface area contributed by atoms with Crippen LogP contribution >= 0.6 is 0 Å². The molecule has 0 heteroatoms. The van der Waals surface area contributed by atoms with Gasteiger partial charge < -0.3 is 0 Å². The van der Waals surface area contributed by atoms with E-state index in [2.05, 4.69) is 116 Å². The van der Waals surface area contributed by atoms with Crippen LogP contribution in [0.3, 0.4) is 0 Å². The number of fused-ring (bicyclic) bond motifs is 1. The number of benzene rings is 2. The van der Waals surface area contributed by atoms with Crippen LogP contribution in [0.25, 0.3) is 0 Å². The largest absolute Gasteiger partial charge is 0.0625 e. The van der Waals surface area contributed by atoms with Crippen LogP contribution < -0.4 is 0 Å². The highest BCUT2D eigenvalue weighted by atomic mass is 14.5. The van der Waals surface area contributed by atoms with Crippen LogP contribution in [0, 0.1) is 69.1 Å². The molecule has 2 aromatic rings. The standard InChI is InChI=1S/C40H62/c1-20(2)16-35-24(7)22(5)18-36(37(35)21(3)4)28(11)27(10)34-19-33-17-23(6)38(32(15)39(33)31(34)14)40-29(12)25(8)26(9)30(40)13/h17-18,20-21,25-31,34,40H,16,19H2,1-15H3. The number of hydrogen-bond acceptors (Lipinski definition) is 0. The molecule has 222 valence electrons. The van der Waals surface area contributed by atoms with Crippen molar-refractivity contribution in [3.8, 4) is 0 Å². The van der Waals surface area contributed by atoms with Crippen molar-refractivity contribution in [3.05, 3.63) is 67.8 Å². The van der Waals surface area contributed by atoms with Gasteiger partial charge in [0.25, 0.3) is 0 Å². The predicted molar refractivity (Wildman–Crippen MR) is 177 cm³/mol. The van der Waals surface area contributed by atoms with Gasteiger partial charge in [-0.25, -0.2) is 0 Å². The first-order chi connectivity index (χ1) is 18.6. The minimum Gasteiger partial charge on any atom is -0.0625 e. The highest BCUT2D eigenvalue weighted by molar-refractivity contribution is 5.53. The Morgan fingerprint density at radius 3 is 1.80 bits per heavy atom. The molecule has 0 bridgehead atoms. The Labute approximate surface area is 249 Å². The van der Waals surface area contributed by atoms with Gasteiger partial charge in [0.05, 0.1) is 0 Å². The topological polar surface area (TPSA) is 0 Å². The smallest absolute Gasteiger partial charge is 0.00999 e. The van der Waals surface area contributed by atoms with Crippen molar-refractivity contribution in [2.45, 2.75) is 140 Å². The zero-order chi connectivity index (χ0) is 30.0. The minimum absolute atomic E-state index is 0.557. The number of hydrogen-bond donors (Lipinski definition) is 0. The van der Waals surface area contributed by atoms with Gasteiger partial charge in [-0.2, -0.15) is 0 Å². The Hall–Kier alpha value is -1.56. The third-order valence-corrected chi connectivity index (χ3v) is 12.7. The zero-order valence-corrected chi connectivity index (χ0v) is 28.9. The zero-order valence-electron chi connectivity index (χ0n) is 28.9. The fraction of sp³-hybridized carbons (Fsp3) is 0.700. The average molecular weight is 543 g/mol. The molecule has 8 unspecified atom stereocenters. The summed E-state index contributed by atoms with van der Waals surface area (Å²) in [6.07, 6.45) is 2.43. The molecule has 40 heavy (non-hydrogen) atoms. The van der Waals surface area contributed by atoms with Crippen LogP contribution in [-0.2, 0) is 12.8 Å². The second kappa shape index (κ2) is 11.6. The second-order valence-electron chi connectivity index (χ2n) is 15.6. The lowest BCUT2D eigenvalue weighted by molar-refractivity contribution is 0.291. The van der Waals surface area contributed by atoms with E-state index in [1.807, 2.05) is 0 Å². The van der Waals surface area contributed by atoms with Gasteiger partial charge in [-0.1, -0.05) is 88.3 Å². The molecule has 8 atom stereocenters. The van der Waals surface area contributed by atoms with Crippen molar-refractivity contribution in [3.63, 3.8) is 0 Å². The summed E-state index contributed by atoms with van der Waals surface area (Å²) < 4.78 is 0. The lowest BCUT2D eigenvalue weighted by Crippen LogP contribution is -2.23. The van der Waals surface area contributed by atoms with Crippen LogP contribution in [0.5, 0.6) is 0 Å². The Morgan fingerprint density at radius 2 is 1.27 bits per heavy atom. The third-order valence-electron chi connectivity index (χ3n) is 12.7. The molecule has 2 aliphatic rings. The summed E-state index contributed by atoms with van der Waals surface area (Å²) in [7, 11) is 0. The summed E-state index contributed by atoms with van der Waals surface area (Å²) in [4.78, 5) is 0. The summed E-state index contributed by atoms with van der Waals surface area (Å²) in [5.41, 5.74) is 16.2. The van der Waals surface area contributed by atoms with E-state index < -0.39 is 0 Å². The first-order valence-electron chi connectivity index (χ1n) is 16.9. The Balaban J connectivity index is 1.72. The van der Waals surface area contributed by atoms with E-state index in [4.69, 9.17) is 0 Å². The van der Waals surface area contributed by atoms with E-state index in [-0.39, 0.29) is 0 Å². The van der Waals surface area contributed by atoms with Gasteiger partial charge in [0, 0.05) is 0 Å². The van der Waals surface area contributed by atoms with Gasteiger partial charge in [-0.05, 0) is 161 Å². The molecule has 0 aliphatic heterocycles. The van der Waals surface area contributed by atoms with Gasteiger partial charge in [-0.3, -0.25) is 0 Å². The maximum Gasteiger partial charge on any atom is -0.00999 e. The summed E-state index contributed by atoms with van der Waals surface area (Å²) in [6, 6.07) is 5.19. The van der Waals surface area contributed by atoms with Crippen LogP contribution in [0.2, 0.25) is 0 Å². The summed E-state index contributed by atoms with van der Waals surface area (Å²) in [5, 5.41) is 0. The van der Waals surface area contributed by atoms with Gasteiger partial charge in [0.1, 0.15) is 0 Å². The van der Waals surface area contributed by atoms with E-state index in [0.717, 1.165) is 23.7 Å². The molecule has 2 aromatic carbocycles. The van der Waals surface area contributed by atoms with Crippen molar-refractivity contribution in [2.24, 2.45) is 41.4 Å². The Morgan fingerprint density at radius 1 is 0.700 bits per heavy atom. The maximum atomic E-state index is 2.62. The highest BCUT2D eigenvalue weighted by Gasteiger charge is 2.45. The lowest BCUT2D eigenvalue weighted by atomic mass is 9.71. The van der Waals surface area contributed by atoms with Gasteiger partial charge in [0.2, 0.25) is 0 Å². The van der Waals surface area contributed by atoms with Gasteiger partial charge in [0.15, 0.2) is 0 Å². The van der Waals surface area contributed by atoms with E-state index in [1.165, 1.54) is 24.0 Å².